The van der Waals surface area contributed by atoms with E-state index in [2.05, 4.69) is 4.99 Å². The van der Waals surface area contributed by atoms with Crippen LogP contribution in [0.25, 0.3) is 0 Å². The molecule has 0 unspecified atom stereocenters. The summed E-state index contributed by atoms with van der Waals surface area (Å²) in [6, 6.07) is 4.04. The monoisotopic (exact) mass is 299 g/mol. The molecule has 1 amide bonds. The first-order valence-corrected chi connectivity index (χ1v) is 6.99. The summed E-state index contributed by atoms with van der Waals surface area (Å²) in [6.07, 6.45) is 1.83. The van der Waals surface area contributed by atoms with Crippen LogP contribution in [0.5, 0.6) is 0 Å². The Kier molecular flexibility index (Phi) is 4.06. The fourth-order valence-electron chi connectivity index (χ4n) is 1.73. The molecule has 0 N–H and O–H groups in total. The van der Waals surface area contributed by atoms with Crippen molar-refractivity contribution in [3.63, 3.8) is 0 Å². The third kappa shape index (κ3) is 2.71. The molecule has 6 nitrogen and oxygen atoms in total. The molecule has 19 heavy (non-hydrogen) atoms. The third-order valence-electron chi connectivity index (χ3n) is 2.62. The van der Waals surface area contributed by atoms with Crippen LogP contribution in [0.3, 0.4) is 0 Å². The number of hydrogen-bond acceptors (Lipinski definition) is 5. The quantitative estimate of drug-likeness (QED) is 0.621. The molecular weight excluding hydrogens is 290 g/mol. The summed E-state index contributed by atoms with van der Waals surface area (Å²) in [5.74, 6) is -0.301. The lowest BCUT2D eigenvalue weighted by molar-refractivity contribution is -0.384. The van der Waals surface area contributed by atoms with Gasteiger partial charge < -0.3 is 0 Å². The number of amides is 1. The first-order chi connectivity index (χ1) is 9.04. The van der Waals surface area contributed by atoms with E-state index in [9.17, 15) is 14.9 Å². The fraction of sp³-hybridized carbons (Fsp3) is 0.273. The van der Waals surface area contributed by atoms with E-state index in [1.54, 1.807) is 0 Å². The van der Waals surface area contributed by atoms with Crippen LogP contribution in [-0.2, 0) is 0 Å². The number of amidine groups is 1. The van der Waals surface area contributed by atoms with Gasteiger partial charge in [0.05, 0.1) is 11.5 Å². The maximum absolute atomic E-state index is 12.3. The summed E-state index contributed by atoms with van der Waals surface area (Å²) >= 11 is 7.09. The Bertz CT molecular complexity index is 576. The Hall–Kier alpha value is -1.60. The molecule has 0 fully saturated rings. The van der Waals surface area contributed by atoms with Crippen LogP contribution in [0.2, 0.25) is 5.02 Å². The molecule has 0 saturated heterocycles. The largest absolute Gasteiger partial charge is 0.288 e. The highest BCUT2D eigenvalue weighted by atomic mass is 35.5. The van der Waals surface area contributed by atoms with Crippen LogP contribution >= 0.6 is 23.4 Å². The van der Waals surface area contributed by atoms with Crippen molar-refractivity contribution in [1.82, 2.24) is 4.90 Å². The van der Waals surface area contributed by atoms with Gasteiger partial charge in [0.15, 0.2) is 5.17 Å². The Morgan fingerprint density at radius 1 is 1.58 bits per heavy atom. The van der Waals surface area contributed by atoms with Crippen molar-refractivity contribution in [3.05, 3.63) is 38.9 Å². The zero-order valence-corrected chi connectivity index (χ0v) is 11.6. The van der Waals surface area contributed by atoms with Gasteiger partial charge in [-0.1, -0.05) is 23.4 Å². The molecule has 0 radical (unpaired) electrons. The number of benzene rings is 1. The van der Waals surface area contributed by atoms with E-state index < -0.39 is 4.92 Å². The molecule has 100 valence electrons. The predicted octanol–water partition coefficient (Wildman–Crippen LogP) is 2.42. The maximum Gasteiger partial charge on any atom is 0.288 e. The molecule has 0 saturated carbocycles. The van der Waals surface area contributed by atoms with Gasteiger partial charge in [0.25, 0.3) is 11.6 Å². The zero-order chi connectivity index (χ0) is 14.0. The predicted molar refractivity (Wildman–Crippen MR) is 75.0 cm³/mol. The van der Waals surface area contributed by atoms with Gasteiger partial charge in [-0.3, -0.25) is 24.8 Å². The Balaban J connectivity index is 2.32. The zero-order valence-electron chi connectivity index (χ0n) is 10.00. The third-order valence-corrected chi connectivity index (χ3v) is 3.65. The van der Waals surface area contributed by atoms with E-state index in [0.29, 0.717) is 18.3 Å². The van der Waals surface area contributed by atoms with Crippen molar-refractivity contribution in [2.24, 2.45) is 4.99 Å². The lowest BCUT2D eigenvalue weighted by atomic mass is 10.2. The molecule has 1 aromatic carbocycles. The second-order valence-electron chi connectivity index (χ2n) is 3.75. The van der Waals surface area contributed by atoms with Crippen LogP contribution < -0.4 is 0 Å². The molecule has 1 aliphatic rings. The van der Waals surface area contributed by atoms with Crippen LogP contribution in [-0.4, -0.2) is 40.2 Å². The number of carbonyl (C=O) groups excluding carboxylic acids is 1. The highest BCUT2D eigenvalue weighted by Gasteiger charge is 2.26. The second kappa shape index (κ2) is 5.58. The second-order valence-corrected chi connectivity index (χ2v) is 4.93. The van der Waals surface area contributed by atoms with Gasteiger partial charge in [0, 0.05) is 18.2 Å². The number of aliphatic imine (C=N–C) groups is 1. The average molecular weight is 300 g/mol. The first-order valence-electron chi connectivity index (χ1n) is 5.39. The number of carbonyl (C=O) groups is 1. The Labute approximate surface area is 118 Å². The van der Waals surface area contributed by atoms with Crippen LogP contribution in [0.4, 0.5) is 5.69 Å². The topological polar surface area (TPSA) is 75.8 Å². The molecule has 1 heterocycles. The highest BCUT2D eigenvalue weighted by molar-refractivity contribution is 8.13. The fourth-order valence-corrected chi connectivity index (χ4v) is 2.53. The molecule has 0 aliphatic carbocycles. The molecule has 0 aromatic heterocycles. The van der Waals surface area contributed by atoms with Crippen molar-refractivity contribution in [1.29, 1.82) is 0 Å². The number of hydrogen-bond donors (Lipinski definition) is 0. The summed E-state index contributed by atoms with van der Waals surface area (Å²) in [5.41, 5.74) is -0.0332. The Morgan fingerprint density at radius 2 is 2.32 bits per heavy atom. The van der Waals surface area contributed by atoms with Crippen molar-refractivity contribution >= 4 is 40.1 Å². The molecule has 0 bridgehead atoms. The SMILES string of the molecule is CSC1=NCCN1C(=O)c1ccc(Cl)c([N+](=O)[O-])c1. The molecule has 0 spiro atoms. The van der Waals surface area contributed by atoms with Crippen LogP contribution in [0, 0.1) is 10.1 Å². The molecular formula is C11H10ClN3O3S. The van der Waals surface area contributed by atoms with Crippen LogP contribution in [0.1, 0.15) is 10.4 Å². The van der Waals surface area contributed by atoms with Gasteiger partial charge in [0.2, 0.25) is 0 Å². The van der Waals surface area contributed by atoms with Gasteiger partial charge in [-0.15, -0.1) is 0 Å². The molecule has 1 aromatic rings. The number of nitro benzene ring substituents is 1. The highest BCUT2D eigenvalue weighted by Crippen LogP contribution is 2.26. The lowest BCUT2D eigenvalue weighted by Gasteiger charge is -2.16. The summed E-state index contributed by atoms with van der Waals surface area (Å²) in [4.78, 5) is 28.2. The van der Waals surface area contributed by atoms with Crippen molar-refractivity contribution in [2.45, 2.75) is 0 Å². The normalized spacial score (nSPS) is 14.4. The van der Waals surface area contributed by atoms with Gasteiger partial charge in [-0.2, -0.15) is 0 Å². The standard InChI is InChI=1S/C11H10ClN3O3S/c1-19-11-13-4-5-14(11)10(16)7-2-3-8(12)9(6-7)15(17)18/h2-3,6H,4-5H2,1H3. The Morgan fingerprint density at radius 3 is 2.95 bits per heavy atom. The van der Waals surface area contributed by atoms with Crippen molar-refractivity contribution < 1.29 is 9.72 Å². The molecule has 2 rings (SSSR count). The minimum absolute atomic E-state index is 0.0155. The van der Waals surface area contributed by atoms with Crippen molar-refractivity contribution in [2.75, 3.05) is 19.3 Å². The molecule has 8 heteroatoms. The van der Waals surface area contributed by atoms with E-state index in [4.69, 9.17) is 11.6 Å². The molecule has 1 aliphatic heterocycles. The van der Waals surface area contributed by atoms with Gasteiger partial charge in [0.1, 0.15) is 5.02 Å². The minimum atomic E-state index is -0.604. The number of rotatable bonds is 2. The van der Waals surface area contributed by atoms with E-state index in [0.717, 1.165) is 0 Å². The summed E-state index contributed by atoms with van der Waals surface area (Å²) in [7, 11) is 0. The molecule has 0 atom stereocenters. The maximum atomic E-state index is 12.3. The van der Waals surface area contributed by atoms with E-state index in [1.165, 1.54) is 34.9 Å². The van der Waals surface area contributed by atoms with Crippen LogP contribution in [0.15, 0.2) is 23.2 Å². The first kappa shape index (κ1) is 13.8. The van der Waals surface area contributed by atoms with E-state index in [-0.39, 0.29) is 22.2 Å². The van der Waals surface area contributed by atoms with Gasteiger partial charge in [-0.25, -0.2) is 0 Å². The number of nitro groups is 1. The van der Waals surface area contributed by atoms with E-state index in [1.807, 2.05) is 6.26 Å². The summed E-state index contributed by atoms with van der Waals surface area (Å²) in [5, 5.41) is 11.4. The van der Waals surface area contributed by atoms with Gasteiger partial charge in [-0.05, 0) is 18.4 Å². The minimum Gasteiger partial charge on any atom is -0.286 e. The number of thioether (sulfide) groups is 1. The average Bonchev–Trinajstić information content (AvgIpc) is 2.86. The van der Waals surface area contributed by atoms with Crippen molar-refractivity contribution in [3.8, 4) is 0 Å². The number of nitrogens with zero attached hydrogens (tertiary/aromatic N) is 3. The van der Waals surface area contributed by atoms with Gasteiger partial charge >= 0.3 is 0 Å². The number of halogens is 1. The summed E-state index contributed by atoms with van der Waals surface area (Å²) < 4.78 is 0. The lowest BCUT2D eigenvalue weighted by Crippen LogP contribution is -2.32. The van der Waals surface area contributed by atoms with E-state index >= 15 is 0 Å². The summed E-state index contributed by atoms with van der Waals surface area (Å²) in [6.45, 7) is 1.04. The smallest absolute Gasteiger partial charge is 0.286 e.